The van der Waals surface area contributed by atoms with Crippen LogP contribution in [0.2, 0.25) is 0 Å². The summed E-state index contributed by atoms with van der Waals surface area (Å²) in [5, 5.41) is 10.5. The Bertz CT molecular complexity index is 679. The summed E-state index contributed by atoms with van der Waals surface area (Å²) in [4.78, 5) is 27.0. The Labute approximate surface area is 136 Å². The van der Waals surface area contributed by atoms with Gasteiger partial charge in [0.15, 0.2) is 0 Å². The molecule has 0 saturated carbocycles. The summed E-state index contributed by atoms with van der Waals surface area (Å²) < 4.78 is 0. The first-order valence-electron chi connectivity index (χ1n) is 8.01. The van der Waals surface area contributed by atoms with Crippen LogP contribution in [0.15, 0.2) is 42.5 Å². The van der Waals surface area contributed by atoms with E-state index in [4.69, 9.17) is 0 Å². The fourth-order valence-corrected chi connectivity index (χ4v) is 3.71. The minimum absolute atomic E-state index is 0.160. The fourth-order valence-electron chi connectivity index (χ4n) is 3.71. The average molecular weight is 313 g/mol. The molecule has 1 aromatic carbocycles. The van der Waals surface area contributed by atoms with Gasteiger partial charge in [-0.3, -0.25) is 14.5 Å². The highest BCUT2D eigenvalue weighted by atomic mass is 16.3. The standard InChI is InChI=1S/C19H23NO3/c1-12(15(21)13-8-6-5-7-9-13)16(22)20-14-10-11-19(4,17(20)23)18(14,2)3/h5-12,14-15,21H,1-4H3/t12-,14-,15-,19-/m0/s1. The first kappa shape index (κ1) is 15.9. The van der Waals surface area contributed by atoms with Gasteiger partial charge in [0.05, 0.1) is 23.5 Å². The zero-order valence-corrected chi connectivity index (χ0v) is 14.0. The van der Waals surface area contributed by atoms with E-state index in [9.17, 15) is 14.7 Å². The monoisotopic (exact) mass is 313 g/mol. The number of carbonyl (C=O) groups is 2. The molecular formula is C19H23NO3. The predicted molar refractivity (Wildman–Crippen MR) is 87.2 cm³/mol. The van der Waals surface area contributed by atoms with Gasteiger partial charge in [0.1, 0.15) is 0 Å². The molecule has 0 spiro atoms. The molecule has 1 N–H and O–H groups in total. The van der Waals surface area contributed by atoms with Crippen LogP contribution in [-0.4, -0.2) is 27.9 Å². The summed E-state index contributed by atoms with van der Waals surface area (Å²) in [5.41, 5.74) is -0.284. The summed E-state index contributed by atoms with van der Waals surface area (Å²) in [6, 6.07) is 8.85. The maximum absolute atomic E-state index is 12.9. The van der Waals surface area contributed by atoms with Crippen molar-refractivity contribution in [2.75, 3.05) is 0 Å². The Kier molecular flexibility index (Phi) is 3.49. The topological polar surface area (TPSA) is 57.6 Å². The molecule has 4 heteroatoms. The molecule has 2 aliphatic rings. The number of rotatable bonds is 3. The lowest BCUT2D eigenvalue weighted by atomic mass is 9.70. The number of amides is 2. The van der Waals surface area contributed by atoms with Crippen LogP contribution < -0.4 is 0 Å². The van der Waals surface area contributed by atoms with E-state index >= 15 is 0 Å². The van der Waals surface area contributed by atoms with Crippen molar-refractivity contribution >= 4 is 11.8 Å². The number of nitrogens with zero attached hydrogens (tertiary/aromatic N) is 1. The van der Waals surface area contributed by atoms with Crippen LogP contribution in [0.25, 0.3) is 0 Å². The molecule has 4 atom stereocenters. The Hall–Kier alpha value is -1.94. The molecule has 2 bridgehead atoms. The molecule has 23 heavy (non-hydrogen) atoms. The zero-order valence-electron chi connectivity index (χ0n) is 14.0. The minimum atomic E-state index is -0.921. The van der Waals surface area contributed by atoms with Crippen molar-refractivity contribution in [1.82, 2.24) is 4.90 Å². The quantitative estimate of drug-likeness (QED) is 0.873. The summed E-state index contributed by atoms with van der Waals surface area (Å²) in [7, 11) is 0. The predicted octanol–water partition coefficient (Wildman–Crippen LogP) is 2.70. The van der Waals surface area contributed by atoms with Gasteiger partial charge in [0, 0.05) is 5.41 Å². The Morgan fingerprint density at radius 3 is 2.35 bits per heavy atom. The molecule has 1 saturated heterocycles. The number of carbonyl (C=O) groups excluding carboxylic acids is 2. The molecule has 0 aromatic heterocycles. The number of aliphatic hydroxyl groups excluding tert-OH is 1. The molecule has 3 rings (SSSR count). The van der Waals surface area contributed by atoms with E-state index in [0.717, 1.165) is 0 Å². The Morgan fingerprint density at radius 2 is 1.83 bits per heavy atom. The molecule has 4 nitrogen and oxygen atoms in total. The van der Waals surface area contributed by atoms with Crippen molar-refractivity contribution in [2.45, 2.75) is 39.8 Å². The van der Waals surface area contributed by atoms with Crippen molar-refractivity contribution in [3.8, 4) is 0 Å². The van der Waals surface area contributed by atoms with E-state index < -0.39 is 17.4 Å². The first-order chi connectivity index (χ1) is 10.7. The lowest BCUT2D eigenvalue weighted by Crippen LogP contribution is -2.46. The third-order valence-electron chi connectivity index (χ3n) is 5.87. The lowest BCUT2D eigenvalue weighted by Gasteiger charge is -2.30. The first-order valence-corrected chi connectivity index (χ1v) is 8.01. The number of benzene rings is 1. The molecule has 0 unspecified atom stereocenters. The van der Waals surface area contributed by atoms with E-state index in [1.807, 2.05) is 51.1 Å². The zero-order chi connectivity index (χ0) is 17.0. The second kappa shape index (κ2) is 5.03. The number of hydrogen-bond donors (Lipinski definition) is 1. The van der Waals surface area contributed by atoms with Crippen molar-refractivity contribution in [3.63, 3.8) is 0 Å². The smallest absolute Gasteiger partial charge is 0.240 e. The number of likely N-dealkylation sites (tertiary alicyclic amines) is 1. The van der Waals surface area contributed by atoms with Crippen molar-refractivity contribution < 1.29 is 14.7 Å². The molecular weight excluding hydrogens is 290 g/mol. The van der Waals surface area contributed by atoms with Gasteiger partial charge < -0.3 is 5.11 Å². The largest absolute Gasteiger partial charge is 0.388 e. The van der Waals surface area contributed by atoms with E-state index in [2.05, 4.69) is 0 Å². The minimum Gasteiger partial charge on any atom is -0.388 e. The van der Waals surface area contributed by atoms with Gasteiger partial charge in [-0.15, -0.1) is 0 Å². The summed E-state index contributed by atoms with van der Waals surface area (Å²) >= 11 is 0. The van der Waals surface area contributed by atoms with Crippen LogP contribution in [0.5, 0.6) is 0 Å². The fraction of sp³-hybridized carbons (Fsp3) is 0.474. The Balaban J connectivity index is 1.87. The molecule has 122 valence electrons. The van der Waals surface area contributed by atoms with E-state index in [1.165, 1.54) is 4.90 Å². The highest BCUT2D eigenvalue weighted by molar-refractivity contribution is 6.04. The van der Waals surface area contributed by atoms with Crippen LogP contribution in [0.3, 0.4) is 0 Å². The van der Waals surface area contributed by atoms with Crippen molar-refractivity contribution in [3.05, 3.63) is 48.0 Å². The maximum atomic E-state index is 12.9. The number of aliphatic hydroxyl groups is 1. The van der Waals surface area contributed by atoms with Gasteiger partial charge in [-0.25, -0.2) is 0 Å². The molecule has 1 heterocycles. The van der Waals surface area contributed by atoms with E-state index in [-0.39, 0.29) is 23.3 Å². The molecule has 2 amide bonds. The third kappa shape index (κ3) is 2.01. The SMILES string of the molecule is C[C@H](C(=O)N1C(=O)[C@]2(C)C=C[C@H]1C2(C)C)[C@H](O)c1ccccc1. The average Bonchev–Trinajstić information content (AvgIpc) is 2.86. The Morgan fingerprint density at radius 1 is 1.22 bits per heavy atom. The maximum Gasteiger partial charge on any atom is 0.240 e. The van der Waals surface area contributed by atoms with Gasteiger partial charge in [-0.1, -0.05) is 63.3 Å². The van der Waals surface area contributed by atoms with Gasteiger partial charge >= 0.3 is 0 Å². The van der Waals surface area contributed by atoms with E-state index in [0.29, 0.717) is 5.56 Å². The van der Waals surface area contributed by atoms with Gasteiger partial charge in [-0.2, -0.15) is 0 Å². The van der Waals surface area contributed by atoms with Crippen molar-refractivity contribution in [1.29, 1.82) is 0 Å². The van der Waals surface area contributed by atoms with Crippen LogP contribution in [0.1, 0.15) is 39.4 Å². The highest BCUT2D eigenvalue weighted by Gasteiger charge is 2.64. The molecule has 1 fully saturated rings. The molecule has 0 radical (unpaired) electrons. The van der Waals surface area contributed by atoms with Crippen LogP contribution in [-0.2, 0) is 9.59 Å². The second-order valence-corrected chi connectivity index (χ2v) is 7.39. The molecule has 1 aliphatic heterocycles. The molecule has 1 aliphatic carbocycles. The third-order valence-corrected chi connectivity index (χ3v) is 5.87. The molecule has 1 aromatic rings. The highest BCUT2D eigenvalue weighted by Crippen LogP contribution is 2.57. The van der Waals surface area contributed by atoms with Crippen molar-refractivity contribution in [2.24, 2.45) is 16.7 Å². The second-order valence-electron chi connectivity index (χ2n) is 7.39. The number of hydrogen-bond acceptors (Lipinski definition) is 3. The number of imide groups is 1. The van der Waals surface area contributed by atoms with Crippen LogP contribution in [0.4, 0.5) is 0 Å². The van der Waals surface area contributed by atoms with Gasteiger partial charge in [0.2, 0.25) is 11.8 Å². The van der Waals surface area contributed by atoms with Gasteiger partial charge in [-0.05, 0) is 12.5 Å². The van der Waals surface area contributed by atoms with Crippen LogP contribution in [0, 0.1) is 16.7 Å². The van der Waals surface area contributed by atoms with Gasteiger partial charge in [0.25, 0.3) is 0 Å². The summed E-state index contributed by atoms with van der Waals surface area (Å²) in [6.45, 7) is 7.60. The lowest BCUT2D eigenvalue weighted by molar-refractivity contribution is -0.150. The normalized spacial score (nSPS) is 30.6. The van der Waals surface area contributed by atoms with E-state index in [1.54, 1.807) is 19.1 Å². The summed E-state index contributed by atoms with van der Waals surface area (Å²) in [6.07, 6.45) is 2.94. The number of fused-ring (bicyclic) bond motifs is 2. The van der Waals surface area contributed by atoms with Crippen LogP contribution >= 0.6 is 0 Å². The summed E-state index contributed by atoms with van der Waals surface area (Å²) in [5.74, 6) is -1.14.